The van der Waals surface area contributed by atoms with Crippen LogP contribution in [-0.4, -0.2) is 46.3 Å². The summed E-state index contributed by atoms with van der Waals surface area (Å²) in [6, 6.07) is 13.6. The number of aromatic amines is 1. The van der Waals surface area contributed by atoms with Crippen LogP contribution in [0, 0.1) is 5.92 Å². The van der Waals surface area contributed by atoms with E-state index < -0.39 is 17.3 Å². The third kappa shape index (κ3) is 6.11. The van der Waals surface area contributed by atoms with Gasteiger partial charge >= 0.3 is 11.4 Å². The van der Waals surface area contributed by atoms with Crippen LogP contribution in [0.15, 0.2) is 69.3 Å². The van der Waals surface area contributed by atoms with Gasteiger partial charge in [0.2, 0.25) is 5.62 Å². The van der Waals surface area contributed by atoms with Crippen molar-refractivity contribution in [3.05, 3.63) is 91.9 Å². The maximum atomic E-state index is 13.3. The Morgan fingerprint density at radius 3 is 2.40 bits per heavy atom. The molecule has 4 aromatic rings. The summed E-state index contributed by atoms with van der Waals surface area (Å²) in [4.78, 5) is 33.1. The molecule has 0 aliphatic rings. The quantitative estimate of drug-likeness (QED) is 0.305. The standard InChI is InChI=1S/C22H21ClN6O5S/c23-16-3-1-14(2-4-16)10-28-20(26-21(32)29(22(28)33)11-15(12-30)13-31)25-17-5-7-18(8-6-17)34-19-9-24-35-27-19/h1-9,15,30-31H,10-13H2,(H,25,26,32). The van der Waals surface area contributed by atoms with E-state index in [1.54, 1.807) is 48.5 Å². The predicted octanol–water partition coefficient (Wildman–Crippen LogP) is 1.52. The summed E-state index contributed by atoms with van der Waals surface area (Å²) in [5.74, 6) is 0.229. The Labute approximate surface area is 207 Å². The maximum absolute atomic E-state index is 13.3. The maximum Gasteiger partial charge on any atom is 0.335 e. The molecule has 11 nitrogen and oxygen atoms in total. The molecule has 0 aliphatic heterocycles. The zero-order chi connectivity index (χ0) is 24.8. The molecule has 0 aliphatic carbocycles. The van der Waals surface area contributed by atoms with Gasteiger partial charge in [-0.2, -0.15) is 4.37 Å². The van der Waals surface area contributed by atoms with Gasteiger partial charge < -0.3 is 14.9 Å². The number of halogens is 1. The highest BCUT2D eigenvalue weighted by Gasteiger charge is 2.14. The second-order valence-electron chi connectivity index (χ2n) is 7.54. The molecule has 0 bridgehead atoms. The highest BCUT2D eigenvalue weighted by atomic mass is 35.5. The lowest BCUT2D eigenvalue weighted by Gasteiger charge is -2.15. The molecule has 4 rings (SSSR count). The van der Waals surface area contributed by atoms with Crippen molar-refractivity contribution in [3.63, 3.8) is 0 Å². The summed E-state index contributed by atoms with van der Waals surface area (Å²) < 4.78 is 15.7. The van der Waals surface area contributed by atoms with Crippen molar-refractivity contribution in [2.45, 2.75) is 13.1 Å². The SMILES string of the molecule is O=c1[nH]/c(=N\c2ccc(Oc3cnsn3)cc2)n(Cc2ccc(Cl)cc2)c(=O)n1CC(CO)CO. The highest BCUT2D eigenvalue weighted by molar-refractivity contribution is 6.99. The summed E-state index contributed by atoms with van der Waals surface area (Å²) >= 11 is 7.00. The van der Waals surface area contributed by atoms with Crippen LogP contribution < -0.4 is 21.7 Å². The molecule has 13 heteroatoms. The summed E-state index contributed by atoms with van der Waals surface area (Å²) in [6.45, 7) is -0.805. The first-order valence-corrected chi connectivity index (χ1v) is 11.6. The lowest BCUT2D eigenvalue weighted by molar-refractivity contribution is 0.134. The van der Waals surface area contributed by atoms with Gasteiger partial charge in [-0.15, -0.1) is 4.37 Å². The smallest absolute Gasteiger partial charge is 0.335 e. The molecule has 0 saturated carbocycles. The number of hydrogen-bond acceptors (Lipinski definition) is 9. The first kappa shape index (κ1) is 24.5. The van der Waals surface area contributed by atoms with E-state index in [1.807, 2.05) is 0 Å². The molecular formula is C22H21ClN6O5S. The average Bonchev–Trinajstić information content (AvgIpc) is 3.37. The topological polar surface area (TPSA) is 148 Å². The first-order chi connectivity index (χ1) is 17.0. The average molecular weight is 517 g/mol. The van der Waals surface area contributed by atoms with E-state index in [2.05, 4.69) is 18.7 Å². The van der Waals surface area contributed by atoms with Gasteiger partial charge in [0.1, 0.15) is 11.9 Å². The Morgan fingerprint density at radius 2 is 1.77 bits per heavy atom. The highest BCUT2D eigenvalue weighted by Crippen LogP contribution is 2.22. The van der Waals surface area contributed by atoms with Crippen molar-refractivity contribution in [3.8, 4) is 11.6 Å². The Bertz CT molecular complexity index is 1440. The van der Waals surface area contributed by atoms with Gasteiger partial charge in [-0.1, -0.05) is 23.7 Å². The number of nitrogens with one attached hydrogen (secondary N) is 1. The number of benzene rings is 2. The Balaban J connectivity index is 1.75. The summed E-state index contributed by atoms with van der Waals surface area (Å²) in [7, 11) is 0. The van der Waals surface area contributed by atoms with E-state index in [-0.39, 0.29) is 31.9 Å². The molecule has 0 radical (unpaired) electrons. The lowest BCUT2D eigenvalue weighted by atomic mass is 10.2. The van der Waals surface area contributed by atoms with Crippen molar-refractivity contribution in [2.24, 2.45) is 10.9 Å². The van der Waals surface area contributed by atoms with Gasteiger partial charge in [0, 0.05) is 30.7 Å². The Kier molecular flexibility index (Phi) is 7.87. The number of nitrogens with zero attached hydrogens (tertiary/aromatic N) is 5. The van der Waals surface area contributed by atoms with E-state index in [0.717, 1.165) is 21.9 Å². The van der Waals surface area contributed by atoms with Crippen LogP contribution >= 0.6 is 23.3 Å². The number of aromatic nitrogens is 5. The van der Waals surface area contributed by atoms with Crippen molar-refractivity contribution in [1.82, 2.24) is 22.9 Å². The van der Waals surface area contributed by atoms with Gasteiger partial charge in [-0.05, 0) is 42.0 Å². The molecule has 2 aromatic heterocycles. The van der Waals surface area contributed by atoms with Crippen molar-refractivity contribution in [1.29, 1.82) is 0 Å². The van der Waals surface area contributed by atoms with Gasteiger partial charge in [0.05, 0.1) is 24.0 Å². The number of aliphatic hydroxyl groups is 2. The molecule has 0 saturated heterocycles. The monoisotopic (exact) mass is 516 g/mol. The van der Waals surface area contributed by atoms with Crippen LogP contribution in [0.4, 0.5) is 5.69 Å². The molecule has 35 heavy (non-hydrogen) atoms. The summed E-state index contributed by atoms with van der Waals surface area (Å²) in [5.41, 5.74) is -0.0783. The minimum absolute atomic E-state index is 0.0353. The molecule has 2 aromatic carbocycles. The Morgan fingerprint density at radius 1 is 1.06 bits per heavy atom. The van der Waals surface area contributed by atoms with Crippen molar-refractivity contribution < 1.29 is 14.9 Å². The van der Waals surface area contributed by atoms with Gasteiger partial charge in [-0.3, -0.25) is 9.55 Å². The second-order valence-corrected chi connectivity index (χ2v) is 8.54. The third-order valence-corrected chi connectivity index (χ3v) is 5.74. The second kappa shape index (κ2) is 11.2. The zero-order valence-corrected chi connectivity index (χ0v) is 19.8. The van der Waals surface area contributed by atoms with E-state index >= 15 is 0 Å². The lowest BCUT2D eigenvalue weighted by Crippen LogP contribution is -2.51. The molecule has 0 atom stereocenters. The van der Waals surface area contributed by atoms with Crippen LogP contribution in [0.25, 0.3) is 0 Å². The molecule has 0 unspecified atom stereocenters. The molecular weight excluding hydrogens is 496 g/mol. The fourth-order valence-electron chi connectivity index (χ4n) is 3.18. The van der Waals surface area contributed by atoms with Crippen LogP contribution in [0.3, 0.4) is 0 Å². The molecule has 2 heterocycles. The Hall–Kier alpha value is -3.58. The fraction of sp³-hybridized carbons (Fsp3) is 0.227. The number of hydrogen-bond donors (Lipinski definition) is 3. The van der Waals surface area contributed by atoms with Crippen LogP contribution in [0.2, 0.25) is 5.02 Å². The first-order valence-electron chi connectivity index (χ1n) is 10.5. The minimum Gasteiger partial charge on any atom is -0.437 e. The molecule has 0 spiro atoms. The fourth-order valence-corrected chi connectivity index (χ4v) is 3.66. The number of ether oxygens (including phenoxy) is 1. The number of H-pyrrole nitrogens is 1. The third-order valence-electron chi connectivity index (χ3n) is 5.03. The molecule has 0 amide bonds. The normalized spacial score (nSPS) is 11.8. The van der Waals surface area contributed by atoms with Crippen molar-refractivity contribution >= 4 is 29.0 Å². The van der Waals surface area contributed by atoms with E-state index in [1.165, 1.54) is 10.8 Å². The zero-order valence-electron chi connectivity index (χ0n) is 18.2. The number of aliphatic hydroxyl groups excluding tert-OH is 2. The van der Waals surface area contributed by atoms with E-state index in [4.69, 9.17) is 16.3 Å². The molecule has 0 fully saturated rings. The molecule has 182 valence electrons. The summed E-state index contributed by atoms with van der Waals surface area (Å²) in [5, 5.41) is 19.4. The number of rotatable bonds is 9. The van der Waals surface area contributed by atoms with E-state index in [0.29, 0.717) is 22.3 Å². The van der Waals surface area contributed by atoms with Gasteiger partial charge in [-0.25, -0.2) is 19.1 Å². The van der Waals surface area contributed by atoms with Crippen molar-refractivity contribution in [2.75, 3.05) is 13.2 Å². The summed E-state index contributed by atoms with van der Waals surface area (Å²) in [6.07, 6.45) is 1.50. The van der Waals surface area contributed by atoms with Crippen LogP contribution in [0.5, 0.6) is 11.6 Å². The van der Waals surface area contributed by atoms with Gasteiger partial charge in [0.25, 0.3) is 5.88 Å². The van der Waals surface area contributed by atoms with E-state index in [9.17, 15) is 19.8 Å². The largest absolute Gasteiger partial charge is 0.437 e. The van der Waals surface area contributed by atoms with Crippen LogP contribution in [0.1, 0.15) is 5.56 Å². The predicted molar refractivity (Wildman–Crippen MR) is 129 cm³/mol. The minimum atomic E-state index is -0.705. The van der Waals surface area contributed by atoms with Crippen LogP contribution in [-0.2, 0) is 13.1 Å². The van der Waals surface area contributed by atoms with Gasteiger partial charge in [0.15, 0.2) is 0 Å². The molecule has 3 N–H and O–H groups in total.